The van der Waals surface area contributed by atoms with E-state index in [0.29, 0.717) is 6.61 Å². The summed E-state index contributed by atoms with van der Waals surface area (Å²) in [5.41, 5.74) is 7.62. The molecule has 0 aliphatic heterocycles. The van der Waals surface area contributed by atoms with Gasteiger partial charge in [0.2, 0.25) is 0 Å². The second kappa shape index (κ2) is 4.36. The minimum atomic E-state index is 0.674. The second-order valence-corrected chi connectivity index (χ2v) is 2.99. The Hall–Kier alpha value is -0.700. The largest absolute Gasteiger partial charge is 0.494 e. The van der Waals surface area contributed by atoms with Gasteiger partial charge in [0.15, 0.2) is 0 Å². The maximum atomic E-state index is 5.75. The topological polar surface area (TPSA) is 35.2 Å². The molecule has 0 fully saturated rings. The smallest absolute Gasteiger partial charge is 0.121 e. The first-order valence-corrected chi connectivity index (χ1v) is 4.97. The molecule has 0 bridgehead atoms. The van der Waals surface area contributed by atoms with Crippen LogP contribution >= 0.6 is 15.9 Å². The number of hydrogen-bond donors (Lipinski definition) is 1. The first-order valence-electron chi connectivity index (χ1n) is 3.85. The van der Waals surface area contributed by atoms with Crippen LogP contribution in [-0.2, 0) is 5.33 Å². The highest BCUT2D eigenvalue weighted by Gasteiger charge is 1.98. The Morgan fingerprint density at radius 2 is 2.25 bits per heavy atom. The minimum Gasteiger partial charge on any atom is -0.494 e. The van der Waals surface area contributed by atoms with E-state index >= 15 is 0 Å². The Morgan fingerprint density at radius 1 is 1.50 bits per heavy atom. The van der Waals surface area contributed by atoms with Crippen LogP contribution in [0.4, 0.5) is 5.69 Å². The van der Waals surface area contributed by atoms with Crippen LogP contribution in [0.1, 0.15) is 12.5 Å². The summed E-state index contributed by atoms with van der Waals surface area (Å²) in [6, 6.07) is 5.74. The first-order chi connectivity index (χ1) is 5.77. The van der Waals surface area contributed by atoms with Crippen LogP contribution in [0.2, 0.25) is 0 Å². The second-order valence-electron chi connectivity index (χ2n) is 2.43. The van der Waals surface area contributed by atoms with Crippen molar-refractivity contribution in [1.82, 2.24) is 0 Å². The Kier molecular flexibility index (Phi) is 3.41. The molecule has 0 atom stereocenters. The number of nitrogen functional groups attached to an aromatic ring is 1. The van der Waals surface area contributed by atoms with E-state index in [2.05, 4.69) is 15.9 Å². The number of rotatable bonds is 3. The summed E-state index contributed by atoms with van der Waals surface area (Å²) in [5.74, 6) is 0.833. The fraction of sp³-hybridized carbons (Fsp3) is 0.333. The molecule has 0 heterocycles. The number of ether oxygens (including phenoxy) is 1. The predicted octanol–water partition coefficient (Wildman–Crippen LogP) is 2.56. The van der Waals surface area contributed by atoms with Crippen LogP contribution in [0.5, 0.6) is 5.75 Å². The van der Waals surface area contributed by atoms with Gasteiger partial charge in [-0.1, -0.05) is 22.0 Å². The van der Waals surface area contributed by atoms with Gasteiger partial charge in [-0.2, -0.15) is 0 Å². The molecule has 0 unspecified atom stereocenters. The molecule has 0 saturated carbocycles. The molecule has 66 valence electrons. The van der Waals surface area contributed by atoms with Crippen LogP contribution < -0.4 is 10.5 Å². The number of halogens is 1. The first kappa shape index (κ1) is 9.39. The van der Waals surface area contributed by atoms with E-state index in [1.165, 1.54) is 0 Å². The van der Waals surface area contributed by atoms with Gasteiger partial charge in [-0.15, -0.1) is 0 Å². The number of nitrogens with two attached hydrogens (primary N) is 1. The lowest BCUT2D eigenvalue weighted by Gasteiger charge is -2.06. The van der Waals surface area contributed by atoms with Crippen LogP contribution in [0.25, 0.3) is 0 Å². The molecule has 0 saturated heterocycles. The average Bonchev–Trinajstić information content (AvgIpc) is 2.05. The molecule has 2 nitrogen and oxygen atoms in total. The highest BCUT2D eigenvalue weighted by Crippen LogP contribution is 2.21. The molecule has 12 heavy (non-hydrogen) atoms. The van der Waals surface area contributed by atoms with E-state index in [4.69, 9.17) is 10.5 Å². The molecular weight excluding hydrogens is 218 g/mol. The molecular formula is C9H12BrNO. The van der Waals surface area contributed by atoms with Gasteiger partial charge < -0.3 is 10.5 Å². The SMILES string of the molecule is CCOc1ccc(CBr)c(N)c1. The van der Waals surface area contributed by atoms with Crippen molar-refractivity contribution in [3.8, 4) is 5.75 Å². The molecule has 0 aliphatic carbocycles. The van der Waals surface area contributed by atoms with Crippen molar-refractivity contribution < 1.29 is 4.74 Å². The van der Waals surface area contributed by atoms with Crippen molar-refractivity contribution in [2.75, 3.05) is 12.3 Å². The third kappa shape index (κ3) is 2.14. The van der Waals surface area contributed by atoms with E-state index in [-0.39, 0.29) is 0 Å². The van der Waals surface area contributed by atoms with Crippen LogP contribution in [0.3, 0.4) is 0 Å². The lowest BCUT2D eigenvalue weighted by Crippen LogP contribution is -1.95. The third-order valence-corrected chi connectivity index (χ3v) is 2.18. The minimum absolute atomic E-state index is 0.674. The van der Waals surface area contributed by atoms with Crippen molar-refractivity contribution >= 4 is 21.6 Å². The maximum absolute atomic E-state index is 5.75. The van der Waals surface area contributed by atoms with Gasteiger partial charge in [0.05, 0.1) is 6.61 Å². The lowest BCUT2D eigenvalue weighted by molar-refractivity contribution is 0.340. The maximum Gasteiger partial charge on any atom is 0.121 e. The van der Waals surface area contributed by atoms with Crippen molar-refractivity contribution in [3.05, 3.63) is 23.8 Å². The number of benzene rings is 1. The van der Waals surface area contributed by atoms with Gasteiger partial charge >= 0.3 is 0 Å². The molecule has 1 aromatic carbocycles. The summed E-state index contributed by atoms with van der Waals surface area (Å²) >= 11 is 3.35. The van der Waals surface area contributed by atoms with Crippen molar-refractivity contribution in [1.29, 1.82) is 0 Å². The van der Waals surface area contributed by atoms with E-state index in [1.54, 1.807) is 0 Å². The fourth-order valence-corrected chi connectivity index (χ4v) is 1.46. The average molecular weight is 230 g/mol. The van der Waals surface area contributed by atoms with Gasteiger partial charge in [-0.3, -0.25) is 0 Å². The van der Waals surface area contributed by atoms with E-state index < -0.39 is 0 Å². The lowest BCUT2D eigenvalue weighted by atomic mass is 10.2. The zero-order valence-electron chi connectivity index (χ0n) is 7.01. The monoisotopic (exact) mass is 229 g/mol. The molecule has 0 amide bonds. The van der Waals surface area contributed by atoms with E-state index in [1.807, 2.05) is 25.1 Å². The third-order valence-electron chi connectivity index (χ3n) is 1.57. The molecule has 3 heteroatoms. The molecule has 0 aromatic heterocycles. The summed E-state index contributed by atoms with van der Waals surface area (Å²) in [4.78, 5) is 0. The van der Waals surface area contributed by atoms with Crippen molar-refractivity contribution in [3.63, 3.8) is 0 Å². The Morgan fingerprint density at radius 3 is 2.75 bits per heavy atom. The normalized spacial score (nSPS) is 9.83. The van der Waals surface area contributed by atoms with Gasteiger partial charge in [-0.25, -0.2) is 0 Å². The van der Waals surface area contributed by atoms with E-state index in [9.17, 15) is 0 Å². The molecule has 0 aliphatic rings. The predicted molar refractivity (Wildman–Crippen MR) is 54.7 cm³/mol. The zero-order valence-corrected chi connectivity index (χ0v) is 8.60. The molecule has 1 aromatic rings. The Bertz CT molecular complexity index is 263. The van der Waals surface area contributed by atoms with Gasteiger partial charge in [0.1, 0.15) is 5.75 Å². The quantitative estimate of drug-likeness (QED) is 0.639. The summed E-state index contributed by atoms with van der Waals surface area (Å²) in [7, 11) is 0. The number of alkyl halides is 1. The van der Waals surface area contributed by atoms with E-state index in [0.717, 1.165) is 22.3 Å². The Balaban J connectivity index is 2.86. The number of hydrogen-bond acceptors (Lipinski definition) is 2. The zero-order chi connectivity index (χ0) is 8.97. The van der Waals surface area contributed by atoms with Gasteiger partial charge in [-0.05, 0) is 18.6 Å². The Labute approximate surface area is 80.8 Å². The van der Waals surface area contributed by atoms with Crippen molar-refractivity contribution in [2.45, 2.75) is 12.3 Å². The van der Waals surface area contributed by atoms with Crippen LogP contribution in [0, 0.1) is 0 Å². The van der Waals surface area contributed by atoms with Gasteiger partial charge in [0, 0.05) is 17.1 Å². The van der Waals surface area contributed by atoms with Crippen molar-refractivity contribution in [2.24, 2.45) is 0 Å². The molecule has 2 N–H and O–H groups in total. The molecule has 1 rings (SSSR count). The van der Waals surface area contributed by atoms with Gasteiger partial charge in [0.25, 0.3) is 0 Å². The summed E-state index contributed by atoms with van der Waals surface area (Å²) in [6.45, 7) is 2.63. The summed E-state index contributed by atoms with van der Waals surface area (Å²) in [5, 5.41) is 0.783. The highest BCUT2D eigenvalue weighted by molar-refractivity contribution is 9.08. The van der Waals surface area contributed by atoms with Crippen LogP contribution in [0.15, 0.2) is 18.2 Å². The number of anilines is 1. The summed E-state index contributed by atoms with van der Waals surface area (Å²) < 4.78 is 5.29. The highest BCUT2D eigenvalue weighted by atomic mass is 79.9. The molecule has 0 spiro atoms. The standard InChI is InChI=1S/C9H12BrNO/c1-2-12-8-4-3-7(6-10)9(11)5-8/h3-5H,2,6,11H2,1H3. The molecule has 0 radical (unpaired) electrons. The fourth-order valence-electron chi connectivity index (χ4n) is 0.951. The van der Waals surface area contributed by atoms with Crippen LogP contribution in [-0.4, -0.2) is 6.61 Å². The summed E-state index contributed by atoms with van der Waals surface area (Å²) in [6.07, 6.45) is 0.